The first-order valence-electron chi connectivity index (χ1n) is 6.37. The van der Waals surface area contributed by atoms with Crippen molar-refractivity contribution >= 4 is 22.9 Å². The van der Waals surface area contributed by atoms with Crippen molar-refractivity contribution in [3.63, 3.8) is 0 Å². The van der Waals surface area contributed by atoms with Gasteiger partial charge < -0.3 is 26.4 Å². The fourth-order valence-corrected chi connectivity index (χ4v) is 2.52. The van der Waals surface area contributed by atoms with E-state index >= 15 is 0 Å². The Balaban J connectivity index is 2.14. The highest BCUT2D eigenvalue weighted by molar-refractivity contribution is 5.82. The average Bonchev–Trinajstić information content (AvgIpc) is 3.00. The van der Waals surface area contributed by atoms with Crippen LogP contribution in [0.4, 0.5) is 20.5 Å². The third kappa shape index (κ3) is 1.90. The lowest BCUT2D eigenvalue weighted by Gasteiger charge is -2.25. The van der Waals surface area contributed by atoms with Crippen molar-refractivity contribution in [2.45, 2.75) is 24.1 Å². The van der Waals surface area contributed by atoms with Crippen molar-refractivity contribution in [2.24, 2.45) is 0 Å². The van der Waals surface area contributed by atoms with E-state index in [9.17, 15) is 13.9 Å². The average molecular weight is 316 g/mol. The van der Waals surface area contributed by atoms with E-state index in [-0.39, 0.29) is 22.9 Å². The summed E-state index contributed by atoms with van der Waals surface area (Å²) >= 11 is 0. The molecule has 11 heteroatoms. The van der Waals surface area contributed by atoms with Crippen LogP contribution in [0.1, 0.15) is 6.23 Å². The van der Waals surface area contributed by atoms with Crippen LogP contribution in [0, 0.1) is 0 Å². The molecule has 0 amide bonds. The molecule has 2 aromatic rings. The second-order valence-corrected chi connectivity index (χ2v) is 5.01. The molecule has 3 heterocycles. The van der Waals surface area contributed by atoms with Gasteiger partial charge in [-0.25, -0.2) is 13.8 Å². The molecule has 9 nitrogen and oxygen atoms in total. The van der Waals surface area contributed by atoms with Crippen LogP contribution in [0.2, 0.25) is 0 Å². The van der Waals surface area contributed by atoms with Crippen LogP contribution in [0.5, 0.6) is 0 Å². The number of alkyl halides is 2. The molecule has 0 spiro atoms. The minimum Gasteiger partial charge on any atom is -0.394 e. The van der Waals surface area contributed by atoms with Gasteiger partial charge in [-0.15, -0.1) is 0 Å². The molecule has 0 aliphatic carbocycles. The van der Waals surface area contributed by atoms with Gasteiger partial charge in [-0.2, -0.15) is 9.97 Å². The number of nitrogens with two attached hydrogens (primary N) is 2. The number of anilines is 2. The maximum atomic E-state index is 14.8. The normalized spacial score (nSPS) is 31.9. The maximum absolute atomic E-state index is 14.8. The summed E-state index contributed by atoms with van der Waals surface area (Å²) in [5.41, 5.74) is 8.55. The first-order chi connectivity index (χ1) is 10.4. The van der Waals surface area contributed by atoms with Crippen LogP contribution in [0.3, 0.4) is 0 Å². The number of ether oxygens (including phenoxy) is 1. The van der Waals surface area contributed by atoms with Gasteiger partial charge in [0.1, 0.15) is 24.4 Å². The van der Waals surface area contributed by atoms with E-state index in [1.54, 1.807) is 0 Å². The second-order valence-electron chi connectivity index (χ2n) is 5.01. The van der Waals surface area contributed by atoms with Crippen LogP contribution < -0.4 is 11.5 Å². The second kappa shape index (κ2) is 4.97. The summed E-state index contributed by atoms with van der Waals surface area (Å²) in [6, 6.07) is 0. The van der Waals surface area contributed by atoms with Crippen LogP contribution in [0.15, 0.2) is 6.33 Å². The van der Waals surface area contributed by atoms with Gasteiger partial charge in [0.25, 0.3) is 0 Å². The molecule has 2 aromatic heterocycles. The minimum atomic E-state index is -2.77. The zero-order valence-electron chi connectivity index (χ0n) is 11.2. The molecular weight excluding hydrogens is 302 g/mol. The number of hydrogen-bond acceptors (Lipinski definition) is 8. The molecule has 0 aromatic carbocycles. The molecule has 1 aliphatic rings. The molecule has 0 saturated carbocycles. The summed E-state index contributed by atoms with van der Waals surface area (Å²) in [6.45, 7) is -2.19. The van der Waals surface area contributed by atoms with Crippen LogP contribution >= 0.6 is 0 Å². The Morgan fingerprint density at radius 2 is 2.14 bits per heavy atom. The number of fused-ring (bicyclic) bond motifs is 1. The zero-order valence-corrected chi connectivity index (χ0v) is 11.2. The highest BCUT2D eigenvalue weighted by Gasteiger charge is 2.58. The molecule has 6 N–H and O–H groups in total. The Bertz CT molecular complexity index is 712. The Hall–Kier alpha value is -2.11. The van der Waals surface area contributed by atoms with E-state index in [2.05, 4.69) is 15.0 Å². The fourth-order valence-electron chi connectivity index (χ4n) is 2.52. The van der Waals surface area contributed by atoms with E-state index in [1.165, 1.54) is 0 Å². The number of aromatic nitrogens is 4. The molecule has 1 aliphatic heterocycles. The van der Waals surface area contributed by atoms with Crippen LogP contribution in [-0.2, 0) is 4.74 Å². The van der Waals surface area contributed by atoms with Gasteiger partial charge in [-0.1, -0.05) is 0 Å². The number of imidazole rings is 1. The molecule has 3 rings (SSSR count). The minimum absolute atomic E-state index is 0.0248. The molecule has 120 valence electrons. The highest BCUT2D eigenvalue weighted by Crippen LogP contribution is 2.43. The first-order valence-corrected chi connectivity index (χ1v) is 6.37. The Kier molecular flexibility index (Phi) is 3.34. The Morgan fingerprint density at radius 1 is 1.41 bits per heavy atom. The van der Waals surface area contributed by atoms with E-state index in [1.807, 2.05) is 0 Å². The molecule has 0 radical (unpaired) electrons. The van der Waals surface area contributed by atoms with Crippen molar-refractivity contribution < 1.29 is 23.7 Å². The quantitative estimate of drug-likeness (QED) is 0.559. The van der Waals surface area contributed by atoms with Crippen LogP contribution in [0.25, 0.3) is 11.2 Å². The Morgan fingerprint density at radius 3 is 2.77 bits per heavy atom. The largest absolute Gasteiger partial charge is 0.394 e. The number of nitrogen functional groups attached to an aromatic ring is 2. The molecule has 22 heavy (non-hydrogen) atoms. The summed E-state index contributed by atoms with van der Waals surface area (Å²) in [6.07, 6.45) is -3.57. The van der Waals surface area contributed by atoms with E-state index < -0.39 is 37.4 Å². The van der Waals surface area contributed by atoms with Crippen molar-refractivity contribution in [2.75, 3.05) is 24.7 Å². The lowest BCUT2D eigenvalue weighted by molar-refractivity contribution is -0.0689. The van der Waals surface area contributed by atoms with Gasteiger partial charge in [0.15, 0.2) is 17.7 Å². The van der Waals surface area contributed by atoms with Gasteiger partial charge >= 0.3 is 0 Å². The summed E-state index contributed by atoms with van der Waals surface area (Å²) in [5.74, 6) is -0.197. The van der Waals surface area contributed by atoms with Gasteiger partial charge in [0, 0.05) is 0 Å². The number of rotatable bonds is 3. The zero-order chi connectivity index (χ0) is 16.1. The van der Waals surface area contributed by atoms with Crippen molar-refractivity contribution in [3.8, 4) is 0 Å². The van der Waals surface area contributed by atoms with Gasteiger partial charge in [-0.3, -0.25) is 4.57 Å². The standard InChI is InChI=1S/C11H14F2N6O3/c12-2-11(13)6(21)4(1-20)22-9(11)19-3-16-5-7(14)17-10(15)18-8(5)19/h3-4,6,9,20-21H,1-2H2,(H4,14,15,17,18)/t4-,6?,9-,11-/m1/s1. The van der Waals surface area contributed by atoms with Crippen LogP contribution in [-0.4, -0.2) is 60.9 Å². The number of hydrogen-bond donors (Lipinski definition) is 4. The predicted molar refractivity (Wildman–Crippen MR) is 71.0 cm³/mol. The molecule has 0 bridgehead atoms. The van der Waals surface area contributed by atoms with Crippen molar-refractivity contribution in [1.29, 1.82) is 0 Å². The summed E-state index contributed by atoms with van der Waals surface area (Å²) in [7, 11) is 0. The molecule has 1 fully saturated rings. The summed E-state index contributed by atoms with van der Waals surface area (Å²) in [4.78, 5) is 11.5. The molecular formula is C11H14F2N6O3. The third-order valence-corrected chi connectivity index (χ3v) is 3.66. The van der Waals surface area contributed by atoms with Gasteiger partial charge in [0.2, 0.25) is 11.6 Å². The SMILES string of the molecule is Nc1nc(N)c2ncn([C@@H]3O[C@H](CO)C(O)[C@]3(F)CF)c2n1. The maximum Gasteiger partial charge on any atom is 0.224 e. The predicted octanol–water partition coefficient (Wildman–Crippen LogP) is -1.08. The number of aliphatic hydroxyl groups excluding tert-OH is 2. The molecule has 1 unspecified atom stereocenters. The number of nitrogens with zero attached hydrogens (tertiary/aromatic N) is 4. The molecule has 4 atom stereocenters. The lowest BCUT2D eigenvalue weighted by Crippen LogP contribution is -2.45. The number of halogens is 2. The van der Waals surface area contributed by atoms with E-state index in [0.29, 0.717) is 0 Å². The highest BCUT2D eigenvalue weighted by atomic mass is 19.2. The van der Waals surface area contributed by atoms with Crippen molar-refractivity contribution in [1.82, 2.24) is 19.5 Å². The summed E-state index contributed by atoms with van der Waals surface area (Å²) in [5, 5.41) is 19.0. The van der Waals surface area contributed by atoms with Gasteiger partial charge in [-0.05, 0) is 0 Å². The monoisotopic (exact) mass is 316 g/mol. The third-order valence-electron chi connectivity index (χ3n) is 3.66. The van der Waals surface area contributed by atoms with Gasteiger partial charge in [0.05, 0.1) is 12.9 Å². The number of aliphatic hydroxyl groups is 2. The summed E-state index contributed by atoms with van der Waals surface area (Å²) < 4.78 is 34.3. The van der Waals surface area contributed by atoms with E-state index in [0.717, 1.165) is 10.9 Å². The topological polar surface area (TPSA) is 145 Å². The van der Waals surface area contributed by atoms with E-state index in [4.69, 9.17) is 21.3 Å². The Labute approximate surface area is 122 Å². The smallest absolute Gasteiger partial charge is 0.224 e. The van der Waals surface area contributed by atoms with Crippen molar-refractivity contribution in [3.05, 3.63) is 6.33 Å². The lowest BCUT2D eigenvalue weighted by atomic mass is 9.97. The molecule has 1 saturated heterocycles. The fraction of sp³-hybridized carbons (Fsp3) is 0.545. The first kappa shape index (κ1) is 14.8.